The van der Waals surface area contributed by atoms with E-state index in [4.69, 9.17) is 5.73 Å². The third kappa shape index (κ3) is 4.51. The van der Waals surface area contributed by atoms with Crippen LogP contribution in [0.2, 0.25) is 0 Å². The van der Waals surface area contributed by atoms with E-state index in [1.54, 1.807) is 16.8 Å². The number of rotatable bonds is 7. The highest BCUT2D eigenvalue weighted by atomic mass is 16.1. The molecular formula is C13H22N2O. The number of hydrogen-bond acceptors (Lipinski definition) is 2. The smallest absolute Gasteiger partial charge is 0.250 e. The van der Waals surface area contributed by atoms with Gasteiger partial charge in [-0.2, -0.15) is 0 Å². The number of hydrogen-bond donors (Lipinski definition) is 1. The molecule has 0 saturated carbocycles. The number of aryl methyl sites for hydroxylation is 1. The van der Waals surface area contributed by atoms with Crippen molar-refractivity contribution in [3.63, 3.8) is 0 Å². The largest absolute Gasteiger partial charge is 0.398 e. The molecule has 0 spiro atoms. The van der Waals surface area contributed by atoms with Crippen LogP contribution in [-0.2, 0) is 6.54 Å². The summed E-state index contributed by atoms with van der Waals surface area (Å²) in [5.74, 6) is 0. The van der Waals surface area contributed by atoms with Crippen LogP contribution in [0, 0.1) is 0 Å². The van der Waals surface area contributed by atoms with Crippen LogP contribution >= 0.6 is 0 Å². The first kappa shape index (κ1) is 12.8. The van der Waals surface area contributed by atoms with Crippen LogP contribution in [0.25, 0.3) is 0 Å². The second-order valence-corrected chi connectivity index (χ2v) is 4.26. The van der Waals surface area contributed by atoms with Crippen molar-refractivity contribution in [3.05, 3.63) is 28.7 Å². The zero-order valence-corrected chi connectivity index (χ0v) is 10.1. The predicted molar refractivity (Wildman–Crippen MR) is 68.5 cm³/mol. The minimum absolute atomic E-state index is 0.0442. The molecule has 0 aliphatic rings. The van der Waals surface area contributed by atoms with E-state index in [-0.39, 0.29) is 5.56 Å². The van der Waals surface area contributed by atoms with Crippen molar-refractivity contribution in [1.82, 2.24) is 4.57 Å². The number of nitrogen functional groups attached to an aromatic ring is 1. The minimum atomic E-state index is 0.0442. The first-order valence-corrected chi connectivity index (χ1v) is 6.20. The van der Waals surface area contributed by atoms with E-state index in [1.807, 2.05) is 0 Å². The van der Waals surface area contributed by atoms with Crippen molar-refractivity contribution in [2.45, 2.75) is 52.0 Å². The molecule has 2 N–H and O–H groups in total. The molecule has 0 saturated heterocycles. The average Bonchev–Trinajstić information content (AvgIpc) is 2.28. The van der Waals surface area contributed by atoms with Gasteiger partial charge in [0.05, 0.1) is 0 Å². The van der Waals surface area contributed by atoms with Gasteiger partial charge in [-0.3, -0.25) is 4.79 Å². The molecule has 1 aromatic rings. The Labute approximate surface area is 97.3 Å². The maximum Gasteiger partial charge on any atom is 0.250 e. The van der Waals surface area contributed by atoms with E-state index in [2.05, 4.69) is 6.92 Å². The van der Waals surface area contributed by atoms with Gasteiger partial charge in [-0.05, 0) is 12.5 Å². The van der Waals surface area contributed by atoms with E-state index in [0.29, 0.717) is 5.69 Å². The summed E-state index contributed by atoms with van der Waals surface area (Å²) in [6, 6.07) is 3.19. The molecule has 0 aliphatic heterocycles. The third-order valence-corrected chi connectivity index (χ3v) is 2.76. The highest BCUT2D eigenvalue weighted by Gasteiger charge is 1.96. The second-order valence-electron chi connectivity index (χ2n) is 4.26. The Morgan fingerprint density at radius 2 is 1.81 bits per heavy atom. The number of nitrogens with two attached hydrogens (primary N) is 1. The normalized spacial score (nSPS) is 10.6. The lowest BCUT2D eigenvalue weighted by atomic mass is 10.1. The van der Waals surface area contributed by atoms with Crippen molar-refractivity contribution >= 4 is 5.69 Å². The average molecular weight is 222 g/mol. The molecule has 0 atom stereocenters. The summed E-state index contributed by atoms with van der Waals surface area (Å²) in [5.41, 5.74) is 6.34. The van der Waals surface area contributed by atoms with Gasteiger partial charge in [0.15, 0.2) is 0 Å². The molecule has 0 fully saturated rings. The third-order valence-electron chi connectivity index (χ3n) is 2.76. The zero-order chi connectivity index (χ0) is 11.8. The van der Waals surface area contributed by atoms with Gasteiger partial charge in [0, 0.05) is 24.5 Å². The number of anilines is 1. The van der Waals surface area contributed by atoms with Crippen molar-refractivity contribution in [2.75, 3.05) is 5.73 Å². The van der Waals surface area contributed by atoms with Crippen LogP contribution in [0.3, 0.4) is 0 Å². The topological polar surface area (TPSA) is 48.0 Å². The molecule has 0 radical (unpaired) electrons. The van der Waals surface area contributed by atoms with E-state index >= 15 is 0 Å². The van der Waals surface area contributed by atoms with Crippen molar-refractivity contribution in [1.29, 1.82) is 0 Å². The van der Waals surface area contributed by atoms with Crippen LogP contribution in [0.15, 0.2) is 23.1 Å². The molecule has 0 amide bonds. The zero-order valence-electron chi connectivity index (χ0n) is 10.1. The molecule has 1 aromatic heterocycles. The molecule has 1 heterocycles. The van der Waals surface area contributed by atoms with Crippen molar-refractivity contribution < 1.29 is 0 Å². The van der Waals surface area contributed by atoms with Gasteiger partial charge in [0.1, 0.15) is 0 Å². The molecule has 3 nitrogen and oxygen atoms in total. The molecule has 0 aliphatic carbocycles. The lowest BCUT2D eigenvalue weighted by Crippen LogP contribution is -2.18. The number of nitrogens with zero attached hydrogens (tertiary/aromatic N) is 1. The van der Waals surface area contributed by atoms with Gasteiger partial charge in [-0.25, -0.2) is 0 Å². The van der Waals surface area contributed by atoms with Crippen molar-refractivity contribution in [3.8, 4) is 0 Å². The van der Waals surface area contributed by atoms with Crippen LogP contribution < -0.4 is 11.3 Å². The SMILES string of the molecule is CCCCCCCCn1cc(N)ccc1=O. The lowest BCUT2D eigenvalue weighted by molar-refractivity contribution is 0.550. The predicted octanol–water partition coefficient (Wildman–Crippen LogP) is 2.79. The van der Waals surface area contributed by atoms with Gasteiger partial charge in [-0.1, -0.05) is 39.0 Å². The van der Waals surface area contributed by atoms with Crippen LogP contribution in [0.5, 0.6) is 0 Å². The fourth-order valence-electron chi connectivity index (χ4n) is 1.79. The molecule has 90 valence electrons. The van der Waals surface area contributed by atoms with Gasteiger partial charge in [0.2, 0.25) is 0 Å². The summed E-state index contributed by atoms with van der Waals surface area (Å²) in [6.45, 7) is 3.00. The Balaban J connectivity index is 2.26. The summed E-state index contributed by atoms with van der Waals surface area (Å²) < 4.78 is 1.70. The number of aromatic nitrogens is 1. The fourth-order valence-corrected chi connectivity index (χ4v) is 1.79. The fraction of sp³-hybridized carbons (Fsp3) is 0.615. The van der Waals surface area contributed by atoms with Gasteiger partial charge in [-0.15, -0.1) is 0 Å². The number of pyridine rings is 1. The van der Waals surface area contributed by atoms with Gasteiger partial charge in [0.25, 0.3) is 5.56 Å². The second kappa shape index (κ2) is 7.09. The van der Waals surface area contributed by atoms with Gasteiger partial charge >= 0.3 is 0 Å². The van der Waals surface area contributed by atoms with Crippen LogP contribution in [0.1, 0.15) is 45.4 Å². The van der Waals surface area contributed by atoms with Crippen LogP contribution in [-0.4, -0.2) is 4.57 Å². The molecule has 0 unspecified atom stereocenters. The lowest BCUT2D eigenvalue weighted by Gasteiger charge is -2.06. The highest BCUT2D eigenvalue weighted by molar-refractivity contribution is 5.33. The standard InChI is InChI=1S/C13H22N2O/c1-2-3-4-5-6-7-10-15-11-12(14)8-9-13(15)16/h8-9,11H,2-7,10,14H2,1H3. The van der Waals surface area contributed by atoms with Crippen LogP contribution in [0.4, 0.5) is 5.69 Å². The summed E-state index contributed by atoms with van der Waals surface area (Å²) in [4.78, 5) is 11.4. The van der Waals surface area contributed by atoms with Gasteiger partial charge < -0.3 is 10.3 Å². The van der Waals surface area contributed by atoms with E-state index < -0.39 is 0 Å². The minimum Gasteiger partial charge on any atom is -0.398 e. The quantitative estimate of drug-likeness (QED) is 0.721. The molecule has 16 heavy (non-hydrogen) atoms. The van der Waals surface area contributed by atoms with E-state index in [0.717, 1.165) is 13.0 Å². The number of unbranched alkanes of at least 4 members (excludes halogenated alkanes) is 5. The summed E-state index contributed by atoms with van der Waals surface area (Å²) in [6.07, 6.45) is 9.16. The summed E-state index contributed by atoms with van der Waals surface area (Å²) >= 11 is 0. The summed E-state index contributed by atoms with van der Waals surface area (Å²) in [5, 5.41) is 0. The maximum absolute atomic E-state index is 11.4. The molecule has 3 heteroatoms. The Bertz CT molecular complexity index is 357. The monoisotopic (exact) mass is 222 g/mol. The molecule has 0 aromatic carbocycles. The Kier molecular flexibility index (Phi) is 5.68. The highest BCUT2D eigenvalue weighted by Crippen LogP contribution is 2.06. The first-order valence-electron chi connectivity index (χ1n) is 6.20. The maximum atomic E-state index is 11.4. The Morgan fingerprint density at radius 1 is 1.12 bits per heavy atom. The summed E-state index contributed by atoms with van der Waals surface area (Å²) in [7, 11) is 0. The van der Waals surface area contributed by atoms with E-state index in [9.17, 15) is 4.79 Å². The molecule has 0 bridgehead atoms. The van der Waals surface area contributed by atoms with Crippen molar-refractivity contribution in [2.24, 2.45) is 0 Å². The Morgan fingerprint density at radius 3 is 2.56 bits per heavy atom. The van der Waals surface area contributed by atoms with E-state index in [1.165, 1.54) is 38.2 Å². The molecular weight excluding hydrogens is 200 g/mol. The Hall–Kier alpha value is -1.25. The first-order chi connectivity index (χ1) is 7.74. The molecule has 1 rings (SSSR count).